The Bertz CT molecular complexity index is 740. The van der Waals surface area contributed by atoms with Gasteiger partial charge >= 0.3 is 0 Å². The summed E-state index contributed by atoms with van der Waals surface area (Å²) in [5, 5.41) is 0. The normalized spacial score (nSPS) is 11.1. The van der Waals surface area contributed by atoms with Crippen LogP contribution in [0.1, 0.15) is 11.3 Å². The summed E-state index contributed by atoms with van der Waals surface area (Å²) in [7, 11) is 4.23. The maximum absolute atomic E-state index is 2.36. The molecule has 0 unspecified atom stereocenters. The molecule has 0 spiro atoms. The second-order valence-corrected chi connectivity index (χ2v) is 5.91. The maximum Gasteiger partial charge on any atom is 0.0534 e. The van der Waals surface area contributed by atoms with Gasteiger partial charge in [-0.05, 0) is 50.3 Å². The van der Waals surface area contributed by atoms with Crippen molar-refractivity contribution in [3.63, 3.8) is 0 Å². The average molecular weight is 290 g/mol. The monoisotopic (exact) mass is 290 g/mol. The van der Waals surface area contributed by atoms with E-state index in [0.717, 1.165) is 6.54 Å². The first-order valence-corrected chi connectivity index (χ1v) is 7.63. The van der Waals surface area contributed by atoms with Crippen molar-refractivity contribution in [1.29, 1.82) is 0 Å². The molecule has 22 heavy (non-hydrogen) atoms. The summed E-state index contributed by atoms with van der Waals surface area (Å²) in [6.07, 6.45) is 0. The van der Waals surface area contributed by atoms with E-state index >= 15 is 0 Å². The minimum atomic E-state index is 0.950. The van der Waals surface area contributed by atoms with E-state index in [1.54, 1.807) is 0 Å². The Morgan fingerprint density at radius 3 is 2.05 bits per heavy atom. The number of hydrogen-bond donors (Lipinski definition) is 0. The predicted octanol–water partition coefficient (Wildman–Crippen LogP) is 4.51. The Morgan fingerprint density at radius 2 is 1.45 bits per heavy atom. The molecular formula is C20H22N2. The van der Waals surface area contributed by atoms with Gasteiger partial charge in [0.15, 0.2) is 0 Å². The number of rotatable bonds is 4. The molecule has 112 valence electrons. The lowest BCUT2D eigenvalue weighted by Crippen LogP contribution is -2.11. The summed E-state index contributed by atoms with van der Waals surface area (Å²) in [5.41, 5.74) is 6.39. The molecule has 0 saturated heterocycles. The summed E-state index contributed by atoms with van der Waals surface area (Å²) in [4.78, 5) is 2.21. The molecule has 2 aromatic carbocycles. The number of hydrogen-bond acceptors (Lipinski definition) is 1. The van der Waals surface area contributed by atoms with Crippen LogP contribution in [0, 0.1) is 6.92 Å². The van der Waals surface area contributed by atoms with Crippen LogP contribution in [0.4, 0.5) is 0 Å². The summed E-state index contributed by atoms with van der Waals surface area (Å²) >= 11 is 0. The van der Waals surface area contributed by atoms with Crippen LogP contribution in [0.3, 0.4) is 0 Å². The molecule has 1 aromatic heterocycles. The summed E-state index contributed by atoms with van der Waals surface area (Å²) < 4.78 is 2.36. The number of nitrogens with zero attached hydrogens (tertiary/aromatic N) is 2. The van der Waals surface area contributed by atoms with Crippen LogP contribution in [-0.4, -0.2) is 23.6 Å². The van der Waals surface area contributed by atoms with Crippen molar-refractivity contribution in [3.05, 3.63) is 78.0 Å². The lowest BCUT2D eigenvalue weighted by molar-refractivity contribution is 0.401. The molecule has 3 aromatic rings. The minimum Gasteiger partial charge on any atom is -0.314 e. The second-order valence-electron chi connectivity index (χ2n) is 5.91. The SMILES string of the molecule is Cc1c(CN(C)C)cc(-c2ccccc2)n1-c1ccccc1. The molecule has 0 fully saturated rings. The van der Waals surface area contributed by atoms with Gasteiger partial charge in [0.1, 0.15) is 0 Å². The smallest absolute Gasteiger partial charge is 0.0534 e. The first kappa shape index (κ1) is 14.6. The van der Waals surface area contributed by atoms with Gasteiger partial charge in [0.05, 0.1) is 5.69 Å². The number of benzene rings is 2. The summed E-state index contributed by atoms with van der Waals surface area (Å²) in [6, 6.07) is 23.5. The molecule has 0 amide bonds. The first-order valence-electron chi connectivity index (χ1n) is 7.63. The Labute approximate surface area is 132 Å². The van der Waals surface area contributed by atoms with Crippen molar-refractivity contribution in [3.8, 4) is 16.9 Å². The van der Waals surface area contributed by atoms with Crippen LogP contribution < -0.4 is 0 Å². The zero-order valence-corrected chi connectivity index (χ0v) is 13.5. The third-order valence-corrected chi connectivity index (χ3v) is 3.92. The van der Waals surface area contributed by atoms with Crippen LogP contribution >= 0.6 is 0 Å². The van der Waals surface area contributed by atoms with Crippen molar-refractivity contribution in [1.82, 2.24) is 9.47 Å². The van der Waals surface area contributed by atoms with Crippen molar-refractivity contribution in [2.24, 2.45) is 0 Å². The van der Waals surface area contributed by atoms with E-state index in [1.165, 1.54) is 28.2 Å². The lowest BCUT2D eigenvalue weighted by atomic mass is 10.1. The van der Waals surface area contributed by atoms with Crippen LogP contribution in [0.25, 0.3) is 16.9 Å². The van der Waals surface area contributed by atoms with E-state index < -0.39 is 0 Å². The van der Waals surface area contributed by atoms with Gasteiger partial charge in [-0.15, -0.1) is 0 Å². The predicted molar refractivity (Wildman–Crippen MR) is 93.3 cm³/mol. The highest BCUT2D eigenvalue weighted by atomic mass is 15.1. The fourth-order valence-corrected chi connectivity index (χ4v) is 2.89. The van der Waals surface area contributed by atoms with Crippen molar-refractivity contribution >= 4 is 0 Å². The standard InChI is InChI=1S/C20H22N2/c1-16-18(15-21(2)3)14-20(17-10-6-4-7-11-17)22(16)19-12-8-5-9-13-19/h4-14H,15H2,1-3H3. The molecule has 0 saturated carbocycles. The average Bonchev–Trinajstić information content (AvgIpc) is 2.85. The van der Waals surface area contributed by atoms with Gasteiger partial charge in [-0.3, -0.25) is 0 Å². The quantitative estimate of drug-likeness (QED) is 0.686. The van der Waals surface area contributed by atoms with Gasteiger partial charge < -0.3 is 9.47 Å². The molecule has 1 heterocycles. The van der Waals surface area contributed by atoms with Gasteiger partial charge in [-0.1, -0.05) is 48.5 Å². The molecule has 0 aliphatic carbocycles. The summed E-state index contributed by atoms with van der Waals surface area (Å²) in [5.74, 6) is 0. The molecule has 0 N–H and O–H groups in total. The van der Waals surface area contributed by atoms with E-state index in [0.29, 0.717) is 0 Å². The van der Waals surface area contributed by atoms with Crippen LogP contribution in [-0.2, 0) is 6.54 Å². The maximum atomic E-state index is 2.36. The number of para-hydroxylation sites is 1. The Kier molecular flexibility index (Phi) is 4.12. The topological polar surface area (TPSA) is 8.17 Å². The molecular weight excluding hydrogens is 268 g/mol. The van der Waals surface area contributed by atoms with E-state index in [-0.39, 0.29) is 0 Å². The molecule has 0 radical (unpaired) electrons. The third kappa shape index (κ3) is 2.83. The highest BCUT2D eigenvalue weighted by molar-refractivity contribution is 5.65. The Morgan fingerprint density at radius 1 is 0.864 bits per heavy atom. The van der Waals surface area contributed by atoms with Crippen LogP contribution in [0.15, 0.2) is 66.7 Å². The largest absolute Gasteiger partial charge is 0.314 e. The van der Waals surface area contributed by atoms with E-state index in [2.05, 4.69) is 97.2 Å². The third-order valence-electron chi connectivity index (χ3n) is 3.92. The van der Waals surface area contributed by atoms with Gasteiger partial charge in [-0.2, -0.15) is 0 Å². The van der Waals surface area contributed by atoms with E-state index in [1.807, 2.05) is 0 Å². The van der Waals surface area contributed by atoms with Gasteiger partial charge in [0.2, 0.25) is 0 Å². The minimum absolute atomic E-state index is 0.950. The van der Waals surface area contributed by atoms with Crippen LogP contribution in [0.5, 0.6) is 0 Å². The van der Waals surface area contributed by atoms with Gasteiger partial charge in [0.25, 0.3) is 0 Å². The Hall–Kier alpha value is -2.32. The zero-order chi connectivity index (χ0) is 15.5. The molecule has 2 heteroatoms. The fraction of sp³-hybridized carbons (Fsp3) is 0.200. The van der Waals surface area contributed by atoms with Crippen molar-refractivity contribution in [2.75, 3.05) is 14.1 Å². The van der Waals surface area contributed by atoms with E-state index in [4.69, 9.17) is 0 Å². The number of aromatic nitrogens is 1. The molecule has 0 aliphatic rings. The van der Waals surface area contributed by atoms with Crippen molar-refractivity contribution in [2.45, 2.75) is 13.5 Å². The molecule has 0 aliphatic heterocycles. The zero-order valence-electron chi connectivity index (χ0n) is 13.5. The molecule has 2 nitrogen and oxygen atoms in total. The molecule has 0 bridgehead atoms. The highest BCUT2D eigenvalue weighted by Gasteiger charge is 2.14. The van der Waals surface area contributed by atoms with Crippen LogP contribution in [0.2, 0.25) is 0 Å². The fourth-order valence-electron chi connectivity index (χ4n) is 2.89. The van der Waals surface area contributed by atoms with Gasteiger partial charge in [-0.25, -0.2) is 0 Å². The van der Waals surface area contributed by atoms with Gasteiger partial charge in [0, 0.05) is 17.9 Å². The van der Waals surface area contributed by atoms with Crippen molar-refractivity contribution < 1.29 is 0 Å². The van der Waals surface area contributed by atoms with E-state index in [9.17, 15) is 0 Å². The Balaban J connectivity index is 2.19. The second kappa shape index (κ2) is 6.20. The molecule has 3 rings (SSSR count). The summed E-state index contributed by atoms with van der Waals surface area (Å²) in [6.45, 7) is 3.16. The first-order chi connectivity index (χ1) is 10.7. The lowest BCUT2D eigenvalue weighted by Gasteiger charge is -2.13. The molecule has 0 atom stereocenters. The highest BCUT2D eigenvalue weighted by Crippen LogP contribution is 2.29.